The molecule has 0 aliphatic carbocycles. The minimum atomic E-state index is 0.627. The molecular weight excluding hydrogens is 242 g/mol. The predicted octanol–water partition coefficient (Wildman–Crippen LogP) is 1.33. The monoisotopic (exact) mass is 263 g/mol. The maximum Gasteiger partial charge on any atom is 0.208 e. The maximum absolute atomic E-state index is 5.54. The number of nitrogens with one attached hydrogen (secondary N) is 1. The van der Waals surface area contributed by atoms with Gasteiger partial charge in [-0.2, -0.15) is 0 Å². The summed E-state index contributed by atoms with van der Waals surface area (Å²) >= 11 is 0. The molecule has 0 radical (unpaired) electrons. The van der Waals surface area contributed by atoms with Gasteiger partial charge in [0.2, 0.25) is 11.8 Å². The zero-order chi connectivity index (χ0) is 13.8. The van der Waals surface area contributed by atoms with Gasteiger partial charge in [-0.15, -0.1) is 0 Å². The lowest BCUT2D eigenvalue weighted by Gasteiger charge is -2.12. The van der Waals surface area contributed by atoms with Crippen molar-refractivity contribution in [3.05, 3.63) is 29.7 Å². The number of oxazole rings is 1. The number of anilines is 1. The largest absolute Gasteiger partial charge is 0.444 e. The van der Waals surface area contributed by atoms with Crippen LogP contribution in [0.4, 0.5) is 5.95 Å². The molecule has 6 heteroatoms. The van der Waals surface area contributed by atoms with Crippen molar-refractivity contribution in [2.75, 3.05) is 19.0 Å². The van der Waals surface area contributed by atoms with Gasteiger partial charge in [0.1, 0.15) is 5.76 Å². The van der Waals surface area contributed by atoms with E-state index in [1.165, 1.54) is 0 Å². The first-order valence-electron chi connectivity index (χ1n) is 6.44. The normalized spacial score (nSPS) is 10.9. The quantitative estimate of drug-likeness (QED) is 0.852. The number of rotatable bonds is 6. The van der Waals surface area contributed by atoms with Crippen molar-refractivity contribution in [2.45, 2.75) is 26.4 Å². The van der Waals surface area contributed by atoms with Crippen LogP contribution in [0, 0.1) is 0 Å². The van der Waals surface area contributed by atoms with Crippen LogP contribution in [0.3, 0.4) is 0 Å². The average Bonchev–Trinajstić information content (AvgIpc) is 2.97. The van der Waals surface area contributed by atoms with Gasteiger partial charge >= 0.3 is 0 Å². The number of nitrogens with zero attached hydrogens (tertiary/aromatic N) is 4. The first-order valence-corrected chi connectivity index (χ1v) is 6.44. The summed E-state index contributed by atoms with van der Waals surface area (Å²) in [6, 6.07) is 0. The molecule has 0 spiro atoms. The van der Waals surface area contributed by atoms with Crippen LogP contribution in [0.2, 0.25) is 0 Å². The summed E-state index contributed by atoms with van der Waals surface area (Å²) in [5, 5.41) is 3.31. The Morgan fingerprint density at radius 3 is 2.63 bits per heavy atom. The first kappa shape index (κ1) is 13.6. The van der Waals surface area contributed by atoms with Crippen molar-refractivity contribution in [1.29, 1.82) is 0 Å². The van der Waals surface area contributed by atoms with Gasteiger partial charge in [0.05, 0.1) is 24.6 Å². The third kappa shape index (κ3) is 3.14. The summed E-state index contributed by atoms with van der Waals surface area (Å²) in [7, 11) is 5.98. The Morgan fingerprint density at radius 2 is 2.05 bits per heavy atom. The van der Waals surface area contributed by atoms with Crippen LogP contribution < -0.4 is 10.2 Å². The topological polar surface area (TPSA) is 59.1 Å². The van der Waals surface area contributed by atoms with E-state index in [4.69, 9.17) is 4.42 Å². The van der Waals surface area contributed by atoms with E-state index in [9.17, 15) is 0 Å². The van der Waals surface area contributed by atoms with Crippen LogP contribution in [-0.2, 0) is 26.6 Å². The number of aryl methyl sites for hydroxylation is 1. The summed E-state index contributed by atoms with van der Waals surface area (Å²) < 4.78 is 7.61. The molecule has 2 rings (SSSR count). The van der Waals surface area contributed by atoms with Gasteiger partial charge in [0, 0.05) is 34.1 Å². The fraction of sp³-hybridized carbons (Fsp3) is 0.538. The molecule has 104 valence electrons. The standard InChI is InChI=1S/C13H21N5O/c1-5-11-8-15-12(19-11)9-14-6-10-7-16-13(17(2)3)18(10)4/h7-8,14H,5-6,9H2,1-4H3. The van der Waals surface area contributed by atoms with Crippen LogP contribution in [0.25, 0.3) is 0 Å². The fourth-order valence-electron chi connectivity index (χ4n) is 1.90. The summed E-state index contributed by atoms with van der Waals surface area (Å²) in [6.45, 7) is 3.42. The second-order valence-corrected chi connectivity index (χ2v) is 4.68. The Morgan fingerprint density at radius 1 is 1.26 bits per heavy atom. The molecule has 0 atom stereocenters. The van der Waals surface area contributed by atoms with Crippen LogP contribution in [-0.4, -0.2) is 28.6 Å². The molecule has 0 fully saturated rings. The van der Waals surface area contributed by atoms with Crippen molar-refractivity contribution in [3.8, 4) is 0 Å². The smallest absolute Gasteiger partial charge is 0.208 e. The van der Waals surface area contributed by atoms with Crippen LogP contribution in [0.5, 0.6) is 0 Å². The molecule has 0 aliphatic rings. The zero-order valence-electron chi connectivity index (χ0n) is 12.0. The second-order valence-electron chi connectivity index (χ2n) is 4.68. The zero-order valence-corrected chi connectivity index (χ0v) is 12.0. The van der Waals surface area contributed by atoms with Gasteiger partial charge in [0.15, 0.2) is 0 Å². The minimum absolute atomic E-state index is 0.627. The number of hydrogen-bond donors (Lipinski definition) is 1. The first-order chi connectivity index (χ1) is 9.11. The lowest BCUT2D eigenvalue weighted by Crippen LogP contribution is -2.18. The maximum atomic E-state index is 5.54. The highest BCUT2D eigenvalue weighted by Crippen LogP contribution is 2.11. The number of hydrogen-bond acceptors (Lipinski definition) is 5. The Balaban J connectivity index is 1.89. The molecule has 0 saturated heterocycles. The highest BCUT2D eigenvalue weighted by molar-refractivity contribution is 5.30. The van der Waals surface area contributed by atoms with Gasteiger partial charge in [-0.3, -0.25) is 0 Å². The van der Waals surface area contributed by atoms with Gasteiger partial charge in [0.25, 0.3) is 0 Å². The Bertz CT molecular complexity index is 529. The van der Waals surface area contributed by atoms with Gasteiger partial charge in [-0.1, -0.05) is 6.92 Å². The molecule has 19 heavy (non-hydrogen) atoms. The summed E-state index contributed by atoms with van der Waals surface area (Å²) in [6.07, 6.45) is 4.54. The van der Waals surface area contributed by atoms with Crippen molar-refractivity contribution in [2.24, 2.45) is 7.05 Å². The van der Waals surface area contributed by atoms with Crippen molar-refractivity contribution >= 4 is 5.95 Å². The van der Waals surface area contributed by atoms with E-state index in [0.717, 1.165) is 36.3 Å². The van der Waals surface area contributed by atoms with Crippen LogP contribution in [0.15, 0.2) is 16.8 Å². The molecule has 0 aromatic carbocycles. The predicted molar refractivity (Wildman–Crippen MR) is 74.0 cm³/mol. The minimum Gasteiger partial charge on any atom is -0.444 e. The van der Waals surface area contributed by atoms with E-state index >= 15 is 0 Å². The van der Waals surface area contributed by atoms with E-state index in [2.05, 4.69) is 26.8 Å². The Kier molecular flexibility index (Phi) is 4.21. The van der Waals surface area contributed by atoms with Gasteiger partial charge < -0.3 is 19.2 Å². The van der Waals surface area contributed by atoms with Gasteiger partial charge in [-0.25, -0.2) is 9.97 Å². The van der Waals surface area contributed by atoms with E-state index in [0.29, 0.717) is 6.54 Å². The van der Waals surface area contributed by atoms with Crippen molar-refractivity contribution < 1.29 is 4.42 Å². The molecule has 0 amide bonds. The molecular formula is C13H21N5O. The molecule has 2 aromatic rings. The van der Waals surface area contributed by atoms with Crippen molar-refractivity contribution in [3.63, 3.8) is 0 Å². The van der Waals surface area contributed by atoms with Crippen molar-refractivity contribution in [1.82, 2.24) is 19.9 Å². The van der Waals surface area contributed by atoms with Crippen LogP contribution >= 0.6 is 0 Å². The third-order valence-corrected chi connectivity index (χ3v) is 2.99. The Labute approximate surface area is 113 Å². The summed E-state index contributed by atoms with van der Waals surface area (Å²) in [4.78, 5) is 10.6. The molecule has 0 bridgehead atoms. The highest BCUT2D eigenvalue weighted by atomic mass is 16.4. The molecule has 0 saturated carbocycles. The summed E-state index contributed by atoms with van der Waals surface area (Å²) in [5.41, 5.74) is 1.13. The van der Waals surface area contributed by atoms with Crippen LogP contribution in [0.1, 0.15) is 24.3 Å². The average molecular weight is 263 g/mol. The number of imidazole rings is 1. The summed E-state index contributed by atoms with van der Waals surface area (Å²) in [5.74, 6) is 2.60. The fourth-order valence-corrected chi connectivity index (χ4v) is 1.90. The number of aromatic nitrogens is 3. The van der Waals surface area contributed by atoms with Gasteiger partial charge in [-0.05, 0) is 0 Å². The second kappa shape index (κ2) is 5.88. The molecule has 0 unspecified atom stereocenters. The van der Waals surface area contributed by atoms with E-state index in [-0.39, 0.29) is 0 Å². The molecule has 1 N–H and O–H groups in total. The van der Waals surface area contributed by atoms with E-state index in [1.54, 1.807) is 6.20 Å². The van der Waals surface area contributed by atoms with E-state index < -0.39 is 0 Å². The Hall–Kier alpha value is -1.82. The SMILES string of the molecule is CCc1cnc(CNCc2cnc(N(C)C)n2C)o1. The molecule has 6 nitrogen and oxygen atoms in total. The highest BCUT2D eigenvalue weighted by Gasteiger charge is 2.08. The lowest BCUT2D eigenvalue weighted by molar-refractivity contribution is 0.437. The molecule has 0 aliphatic heterocycles. The molecule has 2 aromatic heterocycles. The molecule has 2 heterocycles. The lowest BCUT2D eigenvalue weighted by atomic mass is 10.4. The van der Waals surface area contributed by atoms with E-state index in [1.807, 2.05) is 32.2 Å². The third-order valence-electron chi connectivity index (χ3n) is 2.99.